The van der Waals surface area contributed by atoms with Crippen molar-refractivity contribution >= 4 is 16.7 Å². The fourth-order valence-corrected chi connectivity index (χ4v) is 4.99. The third kappa shape index (κ3) is 5.13. The van der Waals surface area contributed by atoms with Crippen LogP contribution in [0.2, 0.25) is 0 Å². The van der Waals surface area contributed by atoms with Gasteiger partial charge in [0.15, 0.2) is 46.6 Å². The van der Waals surface area contributed by atoms with Crippen LogP contribution in [0.15, 0.2) is 83.8 Å². The van der Waals surface area contributed by atoms with E-state index in [1.165, 1.54) is 24.3 Å². The van der Waals surface area contributed by atoms with Crippen molar-refractivity contribution < 1.29 is 8.78 Å². The van der Waals surface area contributed by atoms with Crippen LogP contribution < -0.4 is 32.1 Å². The molecule has 3 aromatic carbocycles. The first-order valence-corrected chi connectivity index (χ1v) is 14.2. The van der Waals surface area contributed by atoms with Gasteiger partial charge in [0.05, 0.1) is 54.4 Å². The third-order valence-corrected chi connectivity index (χ3v) is 7.40. The van der Waals surface area contributed by atoms with Crippen LogP contribution in [-0.4, -0.2) is 15.0 Å². The zero-order chi connectivity index (χ0) is 36.7. The Hall–Kier alpha value is -9.02. The maximum atomic E-state index is 14.0. The molecule has 16 nitrogen and oxygen atoms in total. The third-order valence-electron chi connectivity index (χ3n) is 7.40. The molecule has 3 aliphatic rings. The summed E-state index contributed by atoms with van der Waals surface area (Å²) in [5, 5.41) is 69.1. The molecular formula is C34H6F2N16. The number of aromatic nitrogens is 3. The molecule has 0 saturated heterocycles. The summed E-state index contributed by atoms with van der Waals surface area (Å²) in [5.41, 5.74) is -1.18. The first-order chi connectivity index (χ1) is 25.2. The van der Waals surface area contributed by atoms with Crippen molar-refractivity contribution in [3.05, 3.63) is 137 Å². The number of nitriles is 7. The molecule has 0 radical (unpaired) electrons. The Morgan fingerprint density at radius 3 is 0.827 bits per heavy atom. The Bertz CT molecular complexity index is 2930. The molecule has 3 aliphatic heterocycles. The maximum Gasteiger partial charge on any atom is 0.178 e. The molecule has 0 amide bonds. The van der Waals surface area contributed by atoms with Crippen molar-refractivity contribution in [1.29, 1.82) is 36.8 Å². The van der Waals surface area contributed by atoms with Gasteiger partial charge in [-0.25, -0.2) is 53.7 Å². The molecule has 0 unspecified atom stereocenters. The van der Waals surface area contributed by atoms with Crippen molar-refractivity contribution in [3.8, 4) is 42.5 Å². The topological polar surface area (TPSA) is 279 Å². The lowest BCUT2D eigenvalue weighted by Gasteiger charge is -2.07. The molecule has 0 saturated carbocycles. The van der Waals surface area contributed by atoms with Crippen molar-refractivity contribution in [3.63, 3.8) is 0 Å². The monoisotopic (exact) mass is 676 g/mol. The minimum atomic E-state index is -1.21. The zero-order valence-corrected chi connectivity index (χ0v) is 25.4. The van der Waals surface area contributed by atoms with E-state index >= 15 is 0 Å². The number of rotatable bonds is 3. The van der Waals surface area contributed by atoms with E-state index in [4.69, 9.17) is 0 Å². The normalized spacial score (nSPS) is 12.3. The molecule has 1 aromatic heterocycles. The fraction of sp³-hybridized carbons (Fsp3) is 0. The summed E-state index contributed by atoms with van der Waals surface area (Å²) >= 11 is 0. The van der Waals surface area contributed by atoms with E-state index in [-0.39, 0.29) is 71.9 Å². The van der Waals surface area contributed by atoms with Gasteiger partial charge in [-0.2, -0.15) is 36.8 Å². The molecule has 4 aromatic rings. The largest absolute Gasteiger partial charge is 0.226 e. The van der Waals surface area contributed by atoms with Gasteiger partial charge in [-0.1, -0.05) is 0 Å². The minimum Gasteiger partial charge on any atom is -0.226 e. The summed E-state index contributed by atoms with van der Waals surface area (Å²) in [6, 6.07) is 20.0. The van der Waals surface area contributed by atoms with E-state index in [1.807, 2.05) is 42.5 Å². The second-order valence-electron chi connectivity index (χ2n) is 10.4. The predicted octanol–water partition coefficient (Wildman–Crippen LogP) is 0.0721. The van der Waals surface area contributed by atoms with Gasteiger partial charge >= 0.3 is 0 Å². The van der Waals surface area contributed by atoms with Crippen LogP contribution in [-0.2, 0) is 0 Å². The maximum absolute atomic E-state index is 14.0. The number of halogens is 2. The summed E-state index contributed by atoms with van der Waals surface area (Å²) in [6.07, 6.45) is 0. The Morgan fingerprint density at radius 1 is 0.385 bits per heavy atom. The second kappa shape index (κ2) is 12.2. The van der Waals surface area contributed by atoms with Crippen LogP contribution in [0.1, 0.15) is 39.7 Å². The van der Waals surface area contributed by atoms with Gasteiger partial charge in [0.2, 0.25) is 0 Å². The Balaban J connectivity index is 1.51. The van der Waals surface area contributed by atoms with Gasteiger partial charge in [0.1, 0.15) is 59.2 Å². The van der Waals surface area contributed by atoms with Gasteiger partial charge in [0.25, 0.3) is 0 Å². The molecule has 0 atom stereocenters. The second-order valence-corrected chi connectivity index (χ2v) is 10.4. The molecule has 4 heterocycles. The summed E-state index contributed by atoms with van der Waals surface area (Å²) in [7, 11) is 0. The molecule has 18 heteroatoms. The van der Waals surface area contributed by atoms with Crippen LogP contribution >= 0.6 is 0 Å². The predicted molar refractivity (Wildman–Crippen MR) is 162 cm³/mol. The van der Waals surface area contributed by atoms with Gasteiger partial charge in [-0.3, -0.25) is 0 Å². The standard InChI is InChI=1S/C34H6F2N16/c35-21-5-27-28(6-22(21)36)49-31(48-27)20(13-43)34-51-32(18(11-41)29-44-23-1-14(7-37)15(8-38)2-24(23)45-29)50-33(52-34)19(12-42)30-46-25-3-16(9-39)17(10-40)4-26(25)47-30/h1-6H. The van der Waals surface area contributed by atoms with Crippen LogP contribution in [0.5, 0.6) is 0 Å². The SMILES string of the molecule is N#CC(=C1N=c2cc(F)c(F)cc2=N1)c1nc(C(C#N)=C2N=c3cc(C#N)c(C#N)cc3=N2)nc(C(C#N)=C2N=c3cc(C#N)c(C#N)cc3=N2)n1. The van der Waals surface area contributed by atoms with Gasteiger partial charge < -0.3 is 0 Å². The van der Waals surface area contributed by atoms with E-state index in [9.17, 15) is 45.6 Å². The van der Waals surface area contributed by atoms with E-state index < -0.39 is 45.8 Å². The molecule has 52 heavy (non-hydrogen) atoms. The van der Waals surface area contributed by atoms with E-state index in [2.05, 4.69) is 44.9 Å². The molecular weight excluding hydrogens is 670 g/mol. The summed E-state index contributed by atoms with van der Waals surface area (Å²) in [4.78, 5) is 38.3. The van der Waals surface area contributed by atoms with Crippen molar-refractivity contribution in [2.75, 3.05) is 0 Å². The highest BCUT2D eigenvalue weighted by Crippen LogP contribution is 2.26. The molecule has 0 fully saturated rings. The molecule has 0 N–H and O–H groups in total. The average molecular weight is 677 g/mol. The number of fused-ring (bicyclic) bond motifs is 3. The zero-order valence-electron chi connectivity index (χ0n) is 25.4. The van der Waals surface area contributed by atoms with Gasteiger partial charge in [-0.05, 0) is 24.3 Å². The van der Waals surface area contributed by atoms with Crippen molar-refractivity contribution in [2.24, 2.45) is 30.0 Å². The first-order valence-electron chi connectivity index (χ1n) is 14.2. The molecule has 0 bridgehead atoms. The van der Waals surface area contributed by atoms with E-state index in [0.717, 1.165) is 12.1 Å². The lowest BCUT2D eigenvalue weighted by atomic mass is 10.1. The van der Waals surface area contributed by atoms with Crippen molar-refractivity contribution in [1.82, 2.24) is 15.0 Å². The Labute approximate surface area is 286 Å². The van der Waals surface area contributed by atoms with Crippen molar-refractivity contribution in [2.45, 2.75) is 0 Å². The number of benzene rings is 3. The average Bonchev–Trinajstić information content (AvgIpc) is 3.87. The fourth-order valence-electron chi connectivity index (χ4n) is 4.99. The highest BCUT2D eigenvalue weighted by Gasteiger charge is 2.25. The number of hydrogen-bond acceptors (Lipinski definition) is 16. The minimum absolute atomic E-state index is 0.0129. The van der Waals surface area contributed by atoms with Gasteiger partial charge in [0, 0.05) is 12.1 Å². The highest BCUT2D eigenvalue weighted by molar-refractivity contribution is 5.82. The molecule has 0 aliphatic carbocycles. The van der Waals surface area contributed by atoms with Crippen LogP contribution in [0, 0.1) is 91.0 Å². The number of allylic oxidation sites excluding steroid dienone is 3. The molecule has 7 rings (SSSR count). The Morgan fingerprint density at radius 2 is 0.615 bits per heavy atom. The lowest BCUT2D eigenvalue weighted by molar-refractivity contribution is 0.506. The smallest absolute Gasteiger partial charge is 0.178 e. The number of hydrogen-bond donors (Lipinski definition) is 0. The van der Waals surface area contributed by atoms with E-state index in [1.54, 1.807) is 0 Å². The van der Waals surface area contributed by atoms with E-state index in [0.29, 0.717) is 0 Å². The summed E-state index contributed by atoms with van der Waals surface area (Å²) < 4.78 is 27.9. The van der Waals surface area contributed by atoms with Gasteiger partial charge in [-0.15, -0.1) is 0 Å². The van der Waals surface area contributed by atoms with Crippen LogP contribution in [0.25, 0.3) is 16.7 Å². The summed E-state index contributed by atoms with van der Waals surface area (Å²) in [6.45, 7) is 0. The highest BCUT2D eigenvalue weighted by atomic mass is 19.2. The lowest BCUT2D eigenvalue weighted by Crippen LogP contribution is -2.23. The van der Waals surface area contributed by atoms with Crippen LogP contribution in [0.3, 0.4) is 0 Å². The Kier molecular flexibility index (Phi) is 7.41. The first kappa shape index (κ1) is 31.6. The molecule has 236 valence electrons. The quantitative estimate of drug-likeness (QED) is 0.263. The van der Waals surface area contributed by atoms with Crippen LogP contribution in [0.4, 0.5) is 8.78 Å². The molecule has 0 spiro atoms. The number of nitrogens with zero attached hydrogens (tertiary/aromatic N) is 16. The summed E-state index contributed by atoms with van der Waals surface area (Å²) in [5.74, 6) is -4.66.